The number of ether oxygens (including phenoxy) is 1. The zero-order chi connectivity index (χ0) is 25.4. The van der Waals surface area contributed by atoms with Crippen LogP contribution in [0, 0.1) is 5.82 Å². The van der Waals surface area contributed by atoms with Gasteiger partial charge in [0.1, 0.15) is 11.6 Å². The number of methoxy groups -OCH3 is 1. The fraction of sp³-hybridized carbons (Fsp3) is 0.400. The summed E-state index contributed by atoms with van der Waals surface area (Å²) in [6, 6.07) is 5.62. The number of rotatable bonds is 4. The fourth-order valence-electron chi connectivity index (χ4n) is 6.03. The number of nitrogens with zero attached hydrogens (tertiary/aromatic N) is 4. The first-order valence-corrected chi connectivity index (χ1v) is 14.4. The van der Waals surface area contributed by atoms with Gasteiger partial charge in [0.05, 0.1) is 33.4 Å². The molecule has 2 bridgehead atoms. The Labute approximate surface area is 225 Å². The van der Waals surface area contributed by atoms with Crippen LogP contribution in [0.25, 0.3) is 32.2 Å². The lowest BCUT2D eigenvalue weighted by Crippen LogP contribution is -2.52. The number of halogens is 2. The van der Waals surface area contributed by atoms with Crippen LogP contribution in [0.1, 0.15) is 18.9 Å². The van der Waals surface area contributed by atoms with Gasteiger partial charge in [-0.1, -0.05) is 22.9 Å². The second-order valence-electron chi connectivity index (χ2n) is 9.83. The fourth-order valence-corrected chi connectivity index (χ4v) is 8.47. The number of anilines is 2. The third-order valence-corrected chi connectivity index (χ3v) is 9.97. The summed E-state index contributed by atoms with van der Waals surface area (Å²) in [4.78, 5) is 25.7. The Bertz CT molecular complexity index is 1630. The number of thiazole rings is 1. The van der Waals surface area contributed by atoms with E-state index in [4.69, 9.17) is 22.1 Å². The van der Waals surface area contributed by atoms with Gasteiger partial charge in [0.25, 0.3) is 0 Å². The van der Waals surface area contributed by atoms with Gasteiger partial charge in [-0.05, 0) is 31.0 Å². The third kappa shape index (κ3) is 3.66. The summed E-state index contributed by atoms with van der Waals surface area (Å²) < 4.78 is 22.2. The lowest BCUT2D eigenvalue weighted by atomic mass is 10.0. The van der Waals surface area contributed by atoms with Crippen molar-refractivity contribution in [3.63, 3.8) is 0 Å². The van der Waals surface area contributed by atoms with E-state index in [9.17, 15) is 9.18 Å². The Balaban J connectivity index is 1.53. The summed E-state index contributed by atoms with van der Waals surface area (Å²) in [5.41, 5.74) is 8.36. The number of nitrogen functional groups attached to an aromatic ring is 1. The molecule has 12 heteroatoms. The van der Waals surface area contributed by atoms with Gasteiger partial charge in [0.15, 0.2) is 5.13 Å². The quantitative estimate of drug-likeness (QED) is 0.383. The Morgan fingerprint density at radius 3 is 2.81 bits per heavy atom. The van der Waals surface area contributed by atoms with Gasteiger partial charge in [-0.2, -0.15) is 4.98 Å². The smallest absolute Gasteiger partial charge is 0.350 e. The molecule has 4 aromatic rings. The molecule has 0 radical (unpaired) electrons. The molecule has 2 aromatic carbocycles. The van der Waals surface area contributed by atoms with Crippen LogP contribution in [0.3, 0.4) is 0 Å². The lowest BCUT2D eigenvalue weighted by molar-refractivity contribution is 0.163. The van der Waals surface area contributed by atoms with Crippen molar-refractivity contribution in [1.82, 2.24) is 19.9 Å². The second kappa shape index (κ2) is 8.81. The van der Waals surface area contributed by atoms with Crippen molar-refractivity contribution < 1.29 is 9.13 Å². The molecule has 2 fully saturated rings. The molecule has 7 rings (SSSR count). The molecule has 2 aromatic heterocycles. The Morgan fingerprint density at radius 1 is 1.27 bits per heavy atom. The number of piperazine rings is 1. The van der Waals surface area contributed by atoms with Crippen LogP contribution in [0.15, 0.2) is 27.9 Å². The molecule has 37 heavy (non-hydrogen) atoms. The third-order valence-electron chi connectivity index (χ3n) is 7.54. The number of nitrogens with two attached hydrogens (primary N) is 1. The molecule has 2 unspecified atom stereocenters. The first-order chi connectivity index (χ1) is 17.9. The summed E-state index contributed by atoms with van der Waals surface area (Å²) in [5, 5.41) is 5.28. The number of benzene rings is 2. The molecular formula is C25H24ClFN6O2S2. The minimum absolute atomic E-state index is 0.171. The molecule has 192 valence electrons. The molecule has 3 aliphatic rings. The van der Waals surface area contributed by atoms with Crippen LogP contribution < -0.4 is 21.6 Å². The van der Waals surface area contributed by atoms with Crippen LogP contribution in [-0.4, -0.2) is 59.2 Å². The zero-order valence-corrected chi connectivity index (χ0v) is 22.4. The lowest BCUT2D eigenvalue weighted by Gasteiger charge is -2.36. The minimum Gasteiger partial charge on any atom is -0.383 e. The monoisotopic (exact) mass is 558 g/mol. The van der Waals surface area contributed by atoms with E-state index in [-0.39, 0.29) is 22.7 Å². The normalized spacial score (nSPS) is 22.9. The maximum atomic E-state index is 14.6. The van der Waals surface area contributed by atoms with Crippen LogP contribution in [0.4, 0.5) is 15.3 Å². The van der Waals surface area contributed by atoms with E-state index in [1.54, 1.807) is 29.5 Å². The number of hydrogen-bond donors (Lipinski definition) is 2. The standard InChI is InChI=1S/C25H24ClFN6O2S2/c1-35-9-13-10-36-22-18(14-4-5-17(27)21-19(14)30-24(28)37-21)16(26)6-15-20(22)33(13)25(34)31-23(15)32-7-11-2-3-12(8-32)29-11/h4-6,11-13,29H,2-3,7-10H2,1H3,(H2,28,30)/t11?,12?,13-/m0/s1. The van der Waals surface area contributed by atoms with Crippen molar-refractivity contribution in [3.8, 4) is 11.1 Å². The number of hydrogen-bond acceptors (Lipinski definition) is 9. The summed E-state index contributed by atoms with van der Waals surface area (Å²) in [5.74, 6) is 0.916. The summed E-state index contributed by atoms with van der Waals surface area (Å²) in [7, 11) is 1.63. The van der Waals surface area contributed by atoms with E-state index >= 15 is 0 Å². The van der Waals surface area contributed by atoms with E-state index in [0.29, 0.717) is 51.1 Å². The highest BCUT2D eigenvalue weighted by Gasteiger charge is 2.36. The van der Waals surface area contributed by atoms with Crippen LogP contribution in [0.5, 0.6) is 0 Å². The highest BCUT2D eigenvalue weighted by molar-refractivity contribution is 7.99. The molecule has 5 heterocycles. The van der Waals surface area contributed by atoms with Crippen molar-refractivity contribution >= 4 is 66.8 Å². The summed E-state index contributed by atoms with van der Waals surface area (Å²) in [6.45, 7) is 1.98. The first kappa shape index (κ1) is 23.7. The van der Waals surface area contributed by atoms with Crippen molar-refractivity contribution in [2.24, 2.45) is 0 Å². The van der Waals surface area contributed by atoms with Gasteiger partial charge in [0, 0.05) is 59.4 Å². The molecule has 3 atom stereocenters. The van der Waals surface area contributed by atoms with Crippen LogP contribution >= 0.6 is 34.7 Å². The molecule has 3 aliphatic heterocycles. The van der Waals surface area contributed by atoms with E-state index < -0.39 is 0 Å². The van der Waals surface area contributed by atoms with E-state index in [2.05, 4.69) is 20.2 Å². The van der Waals surface area contributed by atoms with Crippen molar-refractivity contribution in [2.45, 2.75) is 35.9 Å². The average molecular weight is 559 g/mol. The topological polar surface area (TPSA) is 98.3 Å². The number of aromatic nitrogens is 3. The zero-order valence-electron chi connectivity index (χ0n) is 20.0. The molecule has 0 aliphatic carbocycles. The number of nitrogens with one attached hydrogen (secondary N) is 1. The van der Waals surface area contributed by atoms with Crippen molar-refractivity contribution in [3.05, 3.63) is 39.5 Å². The van der Waals surface area contributed by atoms with E-state index in [1.165, 1.54) is 6.07 Å². The van der Waals surface area contributed by atoms with Gasteiger partial charge < -0.3 is 20.7 Å². The minimum atomic E-state index is -0.372. The number of thioether (sulfide) groups is 1. The van der Waals surface area contributed by atoms with Gasteiger partial charge in [-0.3, -0.25) is 4.57 Å². The molecule has 8 nitrogen and oxygen atoms in total. The van der Waals surface area contributed by atoms with E-state index in [0.717, 1.165) is 58.6 Å². The molecule has 0 spiro atoms. The first-order valence-electron chi connectivity index (χ1n) is 12.2. The Kier molecular flexibility index (Phi) is 5.63. The molecular weight excluding hydrogens is 535 g/mol. The molecule has 3 N–H and O–H groups in total. The highest BCUT2D eigenvalue weighted by Crippen LogP contribution is 2.49. The highest BCUT2D eigenvalue weighted by atomic mass is 35.5. The number of fused-ring (bicyclic) bond motifs is 3. The van der Waals surface area contributed by atoms with Gasteiger partial charge >= 0.3 is 5.69 Å². The van der Waals surface area contributed by atoms with Crippen molar-refractivity contribution in [1.29, 1.82) is 0 Å². The molecule has 0 saturated carbocycles. The molecule has 0 amide bonds. The predicted molar refractivity (Wildman–Crippen MR) is 148 cm³/mol. The van der Waals surface area contributed by atoms with Crippen LogP contribution in [0.2, 0.25) is 5.02 Å². The predicted octanol–water partition coefficient (Wildman–Crippen LogP) is 4.28. The maximum absolute atomic E-state index is 14.6. The van der Waals surface area contributed by atoms with Crippen LogP contribution in [-0.2, 0) is 4.74 Å². The Hall–Kier alpha value is -2.44. The largest absolute Gasteiger partial charge is 0.383 e. The summed E-state index contributed by atoms with van der Waals surface area (Å²) >= 11 is 9.77. The van der Waals surface area contributed by atoms with Crippen molar-refractivity contribution in [2.75, 3.05) is 43.2 Å². The Morgan fingerprint density at radius 2 is 2.05 bits per heavy atom. The maximum Gasteiger partial charge on any atom is 0.350 e. The average Bonchev–Trinajstić information content (AvgIpc) is 3.44. The van der Waals surface area contributed by atoms with Gasteiger partial charge in [0.2, 0.25) is 0 Å². The summed E-state index contributed by atoms with van der Waals surface area (Å²) in [6.07, 6.45) is 2.24. The van der Waals surface area contributed by atoms with E-state index in [1.807, 2.05) is 6.07 Å². The SMILES string of the molecule is COC[C@H]1CSc2c(-c3ccc(F)c4sc(N)nc34)c(Cl)cc3c(N4CC5CCC(C4)N5)nc(=O)n1c23. The molecule has 2 saturated heterocycles. The second-order valence-corrected chi connectivity index (χ2v) is 12.3. The van der Waals surface area contributed by atoms with Gasteiger partial charge in [-0.15, -0.1) is 11.8 Å². The van der Waals surface area contributed by atoms with Gasteiger partial charge in [-0.25, -0.2) is 14.2 Å².